The first-order chi connectivity index (χ1) is 9.12. The Balaban J connectivity index is 1.92. The van der Waals surface area contributed by atoms with Crippen LogP contribution in [0.3, 0.4) is 0 Å². The van der Waals surface area contributed by atoms with Gasteiger partial charge in [0.1, 0.15) is 4.21 Å². The Labute approximate surface area is 118 Å². The molecule has 2 heterocycles. The van der Waals surface area contributed by atoms with Crippen LogP contribution in [-0.4, -0.2) is 41.8 Å². The Bertz CT molecular complexity index is 493. The van der Waals surface area contributed by atoms with Gasteiger partial charge < -0.3 is 10.1 Å². The maximum atomic E-state index is 12.1. The molecule has 2 rings (SSSR count). The lowest BCUT2D eigenvalue weighted by atomic mass is 10.1. The van der Waals surface area contributed by atoms with Gasteiger partial charge >= 0.3 is 0 Å². The molecule has 108 valence electrons. The highest BCUT2D eigenvalue weighted by Crippen LogP contribution is 2.22. The molecule has 1 aliphatic rings. The lowest BCUT2D eigenvalue weighted by Gasteiger charge is -2.08. The zero-order chi connectivity index (χ0) is 13.7. The summed E-state index contributed by atoms with van der Waals surface area (Å²) in [6, 6.07) is 3.57. The van der Waals surface area contributed by atoms with Gasteiger partial charge in [0.25, 0.3) is 0 Å². The molecular formula is C12H20N2O3S2. The number of thiophene rings is 1. The summed E-state index contributed by atoms with van der Waals surface area (Å²) >= 11 is 1.34. The smallest absolute Gasteiger partial charge is 0.250 e. The lowest BCUT2D eigenvalue weighted by molar-refractivity contribution is 0.186. The molecular weight excluding hydrogens is 284 g/mol. The second kappa shape index (κ2) is 6.81. The molecule has 1 aromatic rings. The predicted molar refractivity (Wildman–Crippen MR) is 76.1 cm³/mol. The predicted octanol–water partition coefficient (Wildman–Crippen LogP) is 0.825. The van der Waals surface area contributed by atoms with Crippen LogP contribution < -0.4 is 10.0 Å². The number of rotatable bonds is 7. The Morgan fingerprint density at radius 1 is 1.47 bits per heavy atom. The first kappa shape index (κ1) is 14.9. The molecule has 2 N–H and O–H groups in total. The molecule has 0 aromatic carbocycles. The van der Waals surface area contributed by atoms with Crippen molar-refractivity contribution < 1.29 is 13.2 Å². The molecule has 0 aliphatic carbocycles. The van der Waals surface area contributed by atoms with Gasteiger partial charge in [-0.1, -0.05) is 0 Å². The molecule has 5 nitrogen and oxygen atoms in total. The topological polar surface area (TPSA) is 67.4 Å². The standard InChI is InChI=1S/C12H20N2O3S2/c1-13-6-4-11-2-3-12(18-11)19(15,16)14-8-10-5-7-17-9-10/h2-3,10,13-14H,4-9H2,1H3. The van der Waals surface area contributed by atoms with Crippen molar-refractivity contribution in [3.8, 4) is 0 Å². The third-order valence-electron chi connectivity index (χ3n) is 3.11. The zero-order valence-corrected chi connectivity index (χ0v) is 12.6. The quantitative estimate of drug-likeness (QED) is 0.783. The van der Waals surface area contributed by atoms with Gasteiger partial charge in [0.2, 0.25) is 10.0 Å². The van der Waals surface area contributed by atoms with Gasteiger partial charge in [-0.05, 0) is 44.5 Å². The van der Waals surface area contributed by atoms with Crippen LogP contribution in [0.5, 0.6) is 0 Å². The summed E-state index contributed by atoms with van der Waals surface area (Å²) < 4.78 is 32.5. The number of nitrogens with one attached hydrogen (secondary N) is 2. The number of hydrogen-bond donors (Lipinski definition) is 2. The molecule has 7 heteroatoms. The molecule has 1 saturated heterocycles. The monoisotopic (exact) mass is 304 g/mol. The third-order valence-corrected chi connectivity index (χ3v) is 6.17. The summed E-state index contributed by atoms with van der Waals surface area (Å²) in [5.74, 6) is 0.304. The summed E-state index contributed by atoms with van der Waals surface area (Å²) in [6.45, 7) is 2.71. The highest BCUT2D eigenvalue weighted by Gasteiger charge is 2.21. The van der Waals surface area contributed by atoms with Crippen LogP contribution in [0.15, 0.2) is 16.3 Å². The molecule has 0 spiro atoms. The lowest BCUT2D eigenvalue weighted by Crippen LogP contribution is -2.29. The molecule has 0 amide bonds. The normalized spacial score (nSPS) is 19.9. The first-order valence-electron chi connectivity index (χ1n) is 6.42. The molecule has 0 bridgehead atoms. The average molecular weight is 304 g/mol. The summed E-state index contributed by atoms with van der Waals surface area (Å²) in [6.07, 6.45) is 1.79. The zero-order valence-electron chi connectivity index (χ0n) is 11.0. The fourth-order valence-electron chi connectivity index (χ4n) is 1.93. The van der Waals surface area contributed by atoms with Gasteiger partial charge in [-0.3, -0.25) is 0 Å². The van der Waals surface area contributed by atoms with Gasteiger partial charge in [0.05, 0.1) is 6.61 Å². The Morgan fingerprint density at radius 3 is 3.00 bits per heavy atom. The molecule has 1 aromatic heterocycles. The molecule has 1 atom stereocenters. The van der Waals surface area contributed by atoms with Crippen molar-refractivity contribution in [1.29, 1.82) is 0 Å². The minimum Gasteiger partial charge on any atom is -0.381 e. The molecule has 0 saturated carbocycles. The van der Waals surface area contributed by atoms with Crippen molar-refractivity contribution in [1.82, 2.24) is 10.0 Å². The van der Waals surface area contributed by atoms with Crippen LogP contribution >= 0.6 is 11.3 Å². The van der Waals surface area contributed by atoms with E-state index in [-0.39, 0.29) is 0 Å². The molecule has 1 unspecified atom stereocenters. The largest absolute Gasteiger partial charge is 0.381 e. The van der Waals surface area contributed by atoms with Crippen LogP contribution in [0.1, 0.15) is 11.3 Å². The minimum absolute atomic E-state index is 0.304. The van der Waals surface area contributed by atoms with Gasteiger partial charge in [0.15, 0.2) is 0 Å². The van der Waals surface area contributed by atoms with E-state index < -0.39 is 10.0 Å². The summed E-state index contributed by atoms with van der Waals surface area (Å²) in [5, 5.41) is 3.05. The fraction of sp³-hybridized carbons (Fsp3) is 0.667. The van der Waals surface area contributed by atoms with Crippen LogP contribution in [0.4, 0.5) is 0 Å². The molecule has 1 aliphatic heterocycles. The highest BCUT2D eigenvalue weighted by atomic mass is 32.2. The SMILES string of the molecule is CNCCc1ccc(S(=O)(=O)NCC2CCOC2)s1. The van der Waals surface area contributed by atoms with Crippen LogP contribution in [0.25, 0.3) is 0 Å². The van der Waals surface area contributed by atoms with E-state index in [0.717, 1.165) is 30.9 Å². The van der Waals surface area contributed by atoms with Crippen molar-refractivity contribution in [2.24, 2.45) is 5.92 Å². The minimum atomic E-state index is -3.36. The van der Waals surface area contributed by atoms with Crippen LogP contribution in [0.2, 0.25) is 0 Å². The van der Waals surface area contributed by atoms with Crippen molar-refractivity contribution in [3.05, 3.63) is 17.0 Å². The summed E-state index contributed by atoms with van der Waals surface area (Å²) in [5.41, 5.74) is 0. The average Bonchev–Trinajstić information content (AvgIpc) is 3.05. The Hall–Kier alpha value is -0.470. The Kier molecular flexibility index (Phi) is 5.35. The van der Waals surface area contributed by atoms with Crippen molar-refractivity contribution >= 4 is 21.4 Å². The van der Waals surface area contributed by atoms with E-state index in [1.165, 1.54) is 11.3 Å². The molecule has 0 radical (unpaired) electrons. The summed E-state index contributed by atoms with van der Waals surface area (Å²) in [7, 11) is -1.47. The van der Waals surface area contributed by atoms with Crippen molar-refractivity contribution in [2.75, 3.05) is 33.4 Å². The van der Waals surface area contributed by atoms with Crippen LogP contribution in [0, 0.1) is 5.92 Å². The number of ether oxygens (including phenoxy) is 1. The van der Waals surface area contributed by atoms with E-state index in [2.05, 4.69) is 10.0 Å². The maximum Gasteiger partial charge on any atom is 0.250 e. The number of sulfonamides is 1. The van der Waals surface area contributed by atoms with E-state index in [9.17, 15) is 8.42 Å². The van der Waals surface area contributed by atoms with E-state index in [0.29, 0.717) is 23.3 Å². The highest BCUT2D eigenvalue weighted by molar-refractivity contribution is 7.91. The summed E-state index contributed by atoms with van der Waals surface area (Å²) in [4.78, 5) is 1.08. The van der Waals surface area contributed by atoms with Gasteiger partial charge in [-0.2, -0.15) is 0 Å². The van der Waals surface area contributed by atoms with E-state index in [1.54, 1.807) is 6.07 Å². The van der Waals surface area contributed by atoms with Crippen molar-refractivity contribution in [3.63, 3.8) is 0 Å². The number of likely N-dealkylation sites (N-methyl/N-ethyl adjacent to an activating group) is 1. The van der Waals surface area contributed by atoms with E-state index >= 15 is 0 Å². The second-order valence-electron chi connectivity index (χ2n) is 4.66. The van der Waals surface area contributed by atoms with Crippen molar-refractivity contribution in [2.45, 2.75) is 17.1 Å². The second-order valence-corrected chi connectivity index (χ2v) is 7.82. The molecule has 1 fully saturated rings. The van der Waals surface area contributed by atoms with Crippen LogP contribution in [-0.2, 0) is 21.2 Å². The Morgan fingerprint density at radius 2 is 2.32 bits per heavy atom. The van der Waals surface area contributed by atoms with Gasteiger partial charge in [0, 0.05) is 18.0 Å². The fourth-order valence-corrected chi connectivity index (χ4v) is 4.44. The van der Waals surface area contributed by atoms with E-state index in [4.69, 9.17) is 4.74 Å². The molecule has 19 heavy (non-hydrogen) atoms. The van der Waals surface area contributed by atoms with E-state index in [1.807, 2.05) is 13.1 Å². The first-order valence-corrected chi connectivity index (χ1v) is 8.72. The third kappa shape index (κ3) is 4.25. The number of hydrogen-bond acceptors (Lipinski definition) is 5. The van der Waals surface area contributed by atoms with Gasteiger partial charge in [-0.15, -0.1) is 11.3 Å². The van der Waals surface area contributed by atoms with Gasteiger partial charge in [-0.25, -0.2) is 13.1 Å². The maximum absolute atomic E-state index is 12.1.